The van der Waals surface area contributed by atoms with Crippen LogP contribution in [0.2, 0.25) is 0 Å². The number of halogens is 2. The first kappa shape index (κ1) is 11.5. The third-order valence-electron chi connectivity index (χ3n) is 4.42. The van der Waals surface area contributed by atoms with Gasteiger partial charge < -0.3 is 0 Å². The number of rotatable bonds is 2. The van der Waals surface area contributed by atoms with Gasteiger partial charge in [0, 0.05) is 15.8 Å². The fraction of sp³-hybridized carbons (Fsp3) is 0.538. The Morgan fingerprint density at radius 3 is 2.13 bits per heavy atom. The molecule has 0 spiro atoms. The summed E-state index contributed by atoms with van der Waals surface area (Å²) < 4.78 is 1.13. The lowest BCUT2D eigenvalue weighted by Gasteiger charge is -2.15. The zero-order chi connectivity index (χ0) is 11.3. The highest BCUT2D eigenvalue weighted by atomic mass is 79.9. The van der Waals surface area contributed by atoms with Gasteiger partial charge in [0.2, 0.25) is 0 Å². The predicted molar refractivity (Wildman–Crippen MR) is 69.5 cm³/mol. The Kier molecular flexibility index (Phi) is 2.67. The molecule has 1 saturated carbocycles. The molecule has 0 saturated heterocycles. The third kappa shape index (κ3) is 1.47. The Morgan fingerprint density at radius 1 is 1.20 bits per heavy atom. The fourth-order valence-corrected chi connectivity index (χ4v) is 3.78. The van der Waals surface area contributed by atoms with E-state index < -0.39 is 0 Å². The van der Waals surface area contributed by atoms with Crippen molar-refractivity contribution >= 4 is 27.5 Å². The van der Waals surface area contributed by atoms with Gasteiger partial charge in [0.1, 0.15) is 0 Å². The molecule has 1 fully saturated rings. The van der Waals surface area contributed by atoms with Crippen molar-refractivity contribution in [2.24, 2.45) is 11.3 Å². The van der Waals surface area contributed by atoms with Crippen LogP contribution in [0.4, 0.5) is 0 Å². The monoisotopic (exact) mass is 286 g/mol. The van der Waals surface area contributed by atoms with Crippen LogP contribution in [0.25, 0.3) is 0 Å². The maximum atomic E-state index is 6.04. The maximum Gasteiger partial charge on any atom is 0.0265 e. The zero-order valence-corrected chi connectivity index (χ0v) is 11.7. The molecule has 2 unspecified atom stereocenters. The Labute approximate surface area is 105 Å². The molecule has 0 heterocycles. The number of hydrogen-bond acceptors (Lipinski definition) is 0. The van der Waals surface area contributed by atoms with Crippen molar-refractivity contribution in [3.8, 4) is 0 Å². The van der Waals surface area contributed by atoms with Gasteiger partial charge in [0.25, 0.3) is 0 Å². The van der Waals surface area contributed by atoms with Gasteiger partial charge in [0.05, 0.1) is 0 Å². The SMILES string of the molecule is CC1(C)C(CCl)C1(C)c1ccc(Br)cc1. The zero-order valence-electron chi connectivity index (χ0n) is 9.35. The lowest BCUT2D eigenvalue weighted by Crippen LogP contribution is -2.09. The molecule has 0 bridgehead atoms. The van der Waals surface area contributed by atoms with Crippen molar-refractivity contribution in [2.75, 3.05) is 5.88 Å². The highest BCUT2D eigenvalue weighted by Gasteiger charge is 2.67. The summed E-state index contributed by atoms with van der Waals surface area (Å²) in [5, 5.41) is 0. The van der Waals surface area contributed by atoms with Crippen LogP contribution >= 0.6 is 27.5 Å². The van der Waals surface area contributed by atoms with E-state index in [4.69, 9.17) is 11.6 Å². The third-order valence-corrected chi connectivity index (χ3v) is 5.26. The first-order chi connectivity index (χ1) is 6.94. The molecule has 1 aliphatic rings. The number of benzene rings is 1. The Hall–Kier alpha value is -0.0100. The topological polar surface area (TPSA) is 0 Å². The van der Waals surface area contributed by atoms with E-state index in [1.54, 1.807) is 0 Å². The maximum absolute atomic E-state index is 6.04. The van der Waals surface area contributed by atoms with Gasteiger partial charge >= 0.3 is 0 Å². The lowest BCUT2D eigenvalue weighted by atomic mass is 9.90. The van der Waals surface area contributed by atoms with E-state index in [9.17, 15) is 0 Å². The van der Waals surface area contributed by atoms with Gasteiger partial charge in [-0.3, -0.25) is 0 Å². The number of alkyl halides is 1. The number of hydrogen-bond donors (Lipinski definition) is 0. The van der Waals surface area contributed by atoms with Crippen molar-refractivity contribution in [1.29, 1.82) is 0 Å². The van der Waals surface area contributed by atoms with E-state index in [0.717, 1.165) is 10.4 Å². The lowest BCUT2D eigenvalue weighted by molar-refractivity contribution is 0.522. The van der Waals surface area contributed by atoms with Gasteiger partial charge in [-0.2, -0.15) is 0 Å². The van der Waals surface area contributed by atoms with Crippen molar-refractivity contribution < 1.29 is 0 Å². The molecule has 0 aliphatic heterocycles. The van der Waals surface area contributed by atoms with Crippen LogP contribution in [0, 0.1) is 11.3 Å². The summed E-state index contributed by atoms with van der Waals surface area (Å²) >= 11 is 9.51. The van der Waals surface area contributed by atoms with Crippen LogP contribution in [0.15, 0.2) is 28.7 Å². The fourth-order valence-electron chi connectivity index (χ4n) is 2.82. The van der Waals surface area contributed by atoms with Crippen LogP contribution in [0.5, 0.6) is 0 Å². The van der Waals surface area contributed by atoms with E-state index in [1.807, 2.05) is 0 Å². The quantitative estimate of drug-likeness (QED) is 0.697. The average Bonchev–Trinajstić information content (AvgIpc) is 2.62. The standard InChI is InChI=1S/C13H16BrCl/c1-12(2)11(8-15)13(12,3)9-4-6-10(14)7-5-9/h4-7,11H,8H2,1-3H3. The molecule has 0 amide bonds. The summed E-state index contributed by atoms with van der Waals surface area (Å²) in [7, 11) is 0. The summed E-state index contributed by atoms with van der Waals surface area (Å²) in [5.41, 5.74) is 1.97. The molecule has 0 N–H and O–H groups in total. The molecular formula is C13H16BrCl. The second kappa shape index (κ2) is 3.49. The summed E-state index contributed by atoms with van der Waals surface area (Å²) in [6, 6.07) is 8.64. The van der Waals surface area contributed by atoms with Crippen LogP contribution in [-0.2, 0) is 5.41 Å². The molecule has 1 aliphatic carbocycles. The van der Waals surface area contributed by atoms with Crippen LogP contribution < -0.4 is 0 Å². The minimum atomic E-state index is 0.245. The molecular weight excluding hydrogens is 272 g/mol. The molecule has 15 heavy (non-hydrogen) atoms. The summed E-state index contributed by atoms with van der Waals surface area (Å²) in [6.45, 7) is 6.94. The second-order valence-corrected chi connectivity index (χ2v) is 6.36. The minimum Gasteiger partial charge on any atom is -0.126 e. The van der Waals surface area contributed by atoms with Gasteiger partial charge in [-0.1, -0.05) is 48.8 Å². The summed E-state index contributed by atoms with van der Waals surface area (Å²) in [6.07, 6.45) is 0. The van der Waals surface area contributed by atoms with Crippen LogP contribution in [0.1, 0.15) is 26.3 Å². The van der Waals surface area contributed by atoms with Gasteiger partial charge in [-0.15, -0.1) is 11.6 Å². The molecule has 0 radical (unpaired) electrons. The molecule has 1 aromatic carbocycles. The first-order valence-electron chi connectivity index (χ1n) is 5.26. The Morgan fingerprint density at radius 2 is 1.73 bits per heavy atom. The van der Waals surface area contributed by atoms with E-state index in [1.165, 1.54) is 5.56 Å². The molecule has 2 atom stereocenters. The van der Waals surface area contributed by atoms with Crippen molar-refractivity contribution in [3.63, 3.8) is 0 Å². The molecule has 1 aromatic rings. The van der Waals surface area contributed by atoms with Gasteiger partial charge in [-0.05, 0) is 29.0 Å². The Balaban J connectivity index is 2.36. The van der Waals surface area contributed by atoms with E-state index in [0.29, 0.717) is 11.3 Å². The van der Waals surface area contributed by atoms with Crippen LogP contribution in [0.3, 0.4) is 0 Å². The average molecular weight is 288 g/mol. The molecule has 2 heteroatoms. The van der Waals surface area contributed by atoms with E-state index in [2.05, 4.69) is 61.0 Å². The summed E-state index contributed by atoms with van der Waals surface area (Å²) in [5.74, 6) is 1.34. The highest BCUT2D eigenvalue weighted by molar-refractivity contribution is 9.10. The van der Waals surface area contributed by atoms with Crippen molar-refractivity contribution in [2.45, 2.75) is 26.2 Å². The van der Waals surface area contributed by atoms with E-state index >= 15 is 0 Å². The van der Waals surface area contributed by atoms with Gasteiger partial charge in [-0.25, -0.2) is 0 Å². The summed E-state index contributed by atoms with van der Waals surface area (Å²) in [4.78, 5) is 0. The molecule has 82 valence electrons. The second-order valence-electron chi connectivity index (χ2n) is 5.14. The van der Waals surface area contributed by atoms with E-state index in [-0.39, 0.29) is 5.41 Å². The Bertz CT molecular complexity index is 369. The minimum absolute atomic E-state index is 0.245. The largest absolute Gasteiger partial charge is 0.126 e. The predicted octanol–water partition coefficient (Wildman–Crippen LogP) is 4.60. The highest BCUT2D eigenvalue weighted by Crippen LogP contribution is 2.69. The molecule has 0 nitrogen and oxygen atoms in total. The van der Waals surface area contributed by atoms with Gasteiger partial charge in [0.15, 0.2) is 0 Å². The smallest absolute Gasteiger partial charge is 0.0265 e. The first-order valence-corrected chi connectivity index (χ1v) is 6.59. The normalized spacial score (nSPS) is 32.7. The van der Waals surface area contributed by atoms with Crippen molar-refractivity contribution in [1.82, 2.24) is 0 Å². The van der Waals surface area contributed by atoms with Crippen LogP contribution in [-0.4, -0.2) is 5.88 Å². The molecule has 2 rings (SSSR count). The molecule has 0 aromatic heterocycles. The van der Waals surface area contributed by atoms with Crippen molar-refractivity contribution in [3.05, 3.63) is 34.3 Å².